The Balaban J connectivity index is 1.62. The lowest BCUT2D eigenvalue weighted by atomic mass is 10.1. The molecule has 0 radical (unpaired) electrons. The number of likely N-dealkylation sites (tertiary alicyclic amines) is 1. The average Bonchev–Trinajstić information content (AvgIpc) is 3.13. The molecule has 4 rings (SSSR count). The van der Waals surface area contributed by atoms with Gasteiger partial charge >= 0.3 is 0 Å². The number of carbonyl (C=O) groups is 1. The summed E-state index contributed by atoms with van der Waals surface area (Å²) in [5, 5.41) is 7.73. The molecule has 27 heavy (non-hydrogen) atoms. The summed E-state index contributed by atoms with van der Waals surface area (Å²) in [6.45, 7) is 3.36. The minimum Gasteiger partial charge on any atom is -0.344 e. The summed E-state index contributed by atoms with van der Waals surface area (Å²) < 4.78 is 1.62. The van der Waals surface area contributed by atoms with Crippen molar-refractivity contribution in [1.82, 2.24) is 24.6 Å². The van der Waals surface area contributed by atoms with E-state index in [1.165, 1.54) is 12.6 Å². The predicted octanol–water partition coefficient (Wildman–Crippen LogP) is 1.92. The minimum atomic E-state index is -0.475. The van der Waals surface area contributed by atoms with E-state index in [1.54, 1.807) is 11.6 Å². The fourth-order valence-electron chi connectivity index (χ4n) is 3.40. The molecule has 0 saturated carbocycles. The number of amides is 1. The molecule has 1 fully saturated rings. The number of aromatic nitrogens is 4. The molecular formula is C19H22N6O2. The van der Waals surface area contributed by atoms with Gasteiger partial charge in [-0.3, -0.25) is 14.6 Å². The summed E-state index contributed by atoms with van der Waals surface area (Å²) in [5.41, 5.74) is 0.973. The summed E-state index contributed by atoms with van der Waals surface area (Å²) in [7, 11) is 0. The van der Waals surface area contributed by atoms with Gasteiger partial charge in [0.05, 0.1) is 11.9 Å². The van der Waals surface area contributed by atoms with Gasteiger partial charge in [-0.05, 0) is 38.3 Å². The van der Waals surface area contributed by atoms with Crippen LogP contribution in [0.3, 0.4) is 0 Å². The molecule has 1 saturated heterocycles. The summed E-state index contributed by atoms with van der Waals surface area (Å²) in [4.78, 5) is 34.1. The number of anilines is 1. The van der Waals surface area contributed by atoms with Crippen LogP contribution < -0.4 is 10.9 Å². The first-order valence-electron chi connectivity index (χ1n) is 9.22. The Morgan fingerprint density at radius 3 is 2.67 bits per heavy atom. The van der Waals surface area contributed by atoms with Crippen molar-refractivity contribution in [2.75, 3.05) is 18.4 Å². The first kappa shape index (κ1) is 17.3. The second-order valence-electron chi connectivity index (χ2n) is 6.80. The lowest BCUT2D eigenvalue weighted by Gasteiger charge is -2.29. The molecule has 3 aromatic rings. The standard InChI is InChI=1S/C19H22N6O2/c1-13(18(27)24-10-6-3-7-11-24)21-19-22-16-15(17(26)23-19)12-20-25(16)14-8-4-2-5-9-14/h2,4-5,8-9,12-13H,3,6-7,10-11H2,1H3,(H2,21,22,23,26)/t13-/m1/s1. The fourth-order valence-corrected chi connectivity index (χ4v) is 3.40. The first-order chi connectivity index (χ1) is 13.1. The smallest absolute Gasteiger partial charge is 0.263 e. The van der Waals surface area contributed by atoms with Crippen LogP contribution in [0, 0.1) is 0 Å². The summed E-state index contributed by atoms with van der Waals surface area (Å²) >= 11 is 0. The second kappa shape index (κ2) is 7.22. The van der Waals surface area contributed by atoms with Crippen molar-refractivity contribution in [3.8, 4) is 5.69 Å². The molecule has 1 aliphatic rings. The van der Waals surface area contributed by atoms with E-state index in [4.69, 9.17) is 0 Å². The van der Waals surface area contributed by atoms with Crippen LogP contribution in [0.2, 0.25) is 0 Å². The highest BCUT2D eigenvalue weighted by atomic mass is 16.2. The van der Waals surface area contributed by atoms with Crippen molar-refractivity contribution in [2.45, 2.75) is 32.2 Å². The van der Waals surface area contributed by atoms with Crippen LogP contribution in [-0.2, 0) is 4.79 Å². The number of aromatic amines is 1. The highest BCUT2D eigenvalue weighted by Crippen LogP contribution is 2.16. The SMILES string of the molecule is C[C@@H](Nc1nc2c(cnn2-c2ccccc2)c(=O)[nH]1)C(=O)N1CCCCC1. The number of H-pyrrole nitrogens is 1. The number of carbonyl (C=O) groups excluding carboxylic acids is 1. The minimum absolute atomic E-state index is 0.0222. The Bertz CT molecular complexity index is 1000. The Morgan fingerprint density at radius 2 is 1.93 bits per heavy atom. The third-order valence-corrected chi connectivity index (χ3v) is 4.83. The van der Waals surface area contributed by atoms with Crippen molar-refractivity contribution in [3.63, 3.8) is 0 Å². The number of rotatable bonds is 4. The number of para-hydroxylation sites is 1. The third kappa shape index (κ3) is 3.42. The van der Waals surface area contributed by atoms with E-state index in [9.17, 15) is 9.59 Å². The second-order valence-corrected chi connectivity index (χ2v) is 6.80. The van der Waals surface area contributed by atoms with Gasteiger partial charge in [0.15, 0.2) is 5.65 Å². The zero-order chi connectivity index (χ0) is 18.8. The largest absolute Gasteiger partial charge is 0.344 e. The highest BCUT2D eigenvalue weighted by molar-refractivity contribution is 5.84. The van der Waals surface area contributed by atoms with E-state index in [0.717, 1.165) is 31.6 Å². The van der Waals surface area contributed by atoms with Gasteiger partial charge in [0.1, 0.15) is 11.4 Å². The molecule has 8 nitrogen and oxygen atoms in total. The molecule has 0 bridgehead atoms. The maximum absolute atomic E-state index is 12.6. The lowest BCUT2D eigenvalue weighted by Crippen LogP contribution is -2.44. The molecule has 2 N–H and O–H groups in total. The topological polar surface area (TPSA) is 95.9 Å². The maximum Gasteiger partial charge on any atom is 0.263 e. The third-order valence-electron chi connectivity index (χ3n) is 4.83. The van der Waals surface area contributed by atoms with E-state index >= 15 is 0 Å². The molecular weight excluding hydrogens is 344 g/mol. The summed E-state index contributed by atoms with van der Waals surface area (Å²) in [6, 6.07) is 9.02. The number of fused-ring (bicyclic) bond motifs is 1. The first-order valence-corrected chi connectivity index (χ1v) is 9.22. The van der Waals surface area contributed by atoms with Gasteiger partial charge in [-0.25, -0.2) is 4.68 Å². The molecule has 2 aromatic heterocycles. The summed E-state index contributed by atoms with van der Waals surface area (Å²) in [6.07, 6.45) is 4.74. The van der Waals surface area contributed by atoms with Gasteiger partial charge in [-0.1, -0.05) is 18.2 Å². The molecule has 0 aliphatic carbocycles. The normalized spacial score (nSPS) is 15.7. The highest BCUT2D eigenvalue weighted by Gasteiger charge is 2.23. The van der Waals surface area contributed by atoms with E-state index in [2.05, 4.69) is 20.4 Å². The zero-order valence-electron chi connectivity index (χ0n) is 15.2. The molecule has 1 aromatic carbocycles. The van der Waals surface area contributed by atoms with Crippen LogP contribution in [0.25, 0.3) is 16.7 Å². The van der Waals surface area contributed by atoms with Gasteiger partial charge in [-0.2, -0.15) is 10.1 Å². The van der Waals surface area contributed by atoms with Gasteiger partial charge in [0.25, 0.3) is 5.56 Å². The van der Waals surface area contributed by atoms with Gasteiger partial charge < -0.3 is 10.2 Å². The fraction of sp³-hybridized carbons (Fsp3) is 0.368. The van der Waals surface area contributed by atoms with Crippen LogP contribution in [0.4, 0.5) is 5.95 Å². The molecule has 3 heterocycles. The molecule has 140 valence electrons. The Labute approximate surface area is 156 Å². The molecule has 0 spiro atoms. The van der Waals surface area contributed by atoms with Crippen LogP contribution >= 0.6 is 0 Å². The summed E-state index contributed by atoms with van der Waals surface area (Å²) in [5.74, 6) is 0.289. The van der Waals surface area contributed by atoms with Crippen LogP contribution in [0.15, 0.2) is 41.3 Å². The molecule has 1 amide bonds. The van der Waals surface area contributed by atoms with Crippen molar-refractivity contribution in [1.29, 1.82) is 0 Å². The van der Waals surface area contributed by atoms with Crippen LogP contribution in [0.5, 0.6) is 0 Å². The quantitative estimate of drug-likeness (QED) is 0.735. The van der Waals surface area contributed by atoms with Crippen LogP contribution in [-0.4, -0.2) is 49.7 Å². The molecule has 1 aliphatic heterocycles. The number of nitrogens with one attached hydrogen (secondary N) is 2. The van der Waals surface area contributed by atoms with E-state index in [1.807, 2.05) is 35.2 Å². The number of nitrogens with zero attached hydrogens (tertiary/aromatic N) is 4. The van der Waals surface area contributed by atoms with Crippen molar-refractivity contribution < 1.29 is 4.79 Å². The Hall–Kier alpha value is -3.16. The molecule has 0 unspecified atom stereocenters. The number of hydrogen-bond donors (Lipinski definition) is 2. The number of piperidine rings is 1. The predicted molar refractivity (Wildman–Crippen MR) is 103 cm³/mol. The zero-order valence-corrected chi connectivity index (χ0v) is 15.2. The van der Waals surface area contributed by atoms with Crippen molar-refractivity contribution in [2.24, 2.45) is 0 Å². The van der Waals surface area contributed by atoms with E-state index < -0.39 is 6.04 Å². The van der Waals surface area contributed by atoms with Gasteiger partial charge in [0.2, 0.25) is 11.9 Å². The van der Waals surface area contributed by atoms with Gasteiger partial charge in [-0.15, -0.1) is 0 Å². The van der Waals surface area contributed by atoms with Crippen molar-refractivity contribution >= 4 is 22.9 Å². The molecule has 1 atom stereocenters. The average molecular weight is 366 g/mol. The Kier molecular flexibility index (Phi) is 4.62. The number of benzene rings is 1. The maximum atomic E-state index is 12.6. The molecule has 8 heteroatoms. The van der Waals surface area contributed by atoms with E-state index in [0.29, 0.717) is 11.0 Å². The number of hydrogen-bond acceptors (Lipinski definition) is 5. The van der Waals surface area contributed by atoms with Crippen LogP contribution in [0.1, 0.15) is 26.2 Å². The van der Waals surface area contributed by atoms with E-state index in [-0.39, 0.29) is 17.4 Å². The Morgan fingerprint density at radius 1 is 1.19 bits per heavy atom. The monoisotopic (exact) mass is 366 g/mol. The van der Waals surface area contributed by atoms with Crippen molar-refractivity contribution in [3.05, 3.63) is 46.9 Å². The van der Waals surface area contributed by atoms with Gasteiger partial charge in [0, 0.05) is 13.1 Å². The lowest BCUT2D eigenvalue weighted by molar-refractivity contribution is -0.132.